The third kappa shape index (κ3) is 3.58. The Balaban J connectivity index is 1.65. The Labute approximate surface area is 281 Å². The summed E-state index contributed by atoms with van der Waals surface area (Å²) in [6.45, 7) is 0. The average molecular weight is 570 g/mol. The monoisotopic (exact) mass is 569 g/mol. The molecular weight excluding hydrogens is 520 g/mol. The largest absolute Gasteiger partial charge is 0.456 e. The van der Waals surface area contributed by atoms with Crippen LogP contribution in [-0.4, -0.2) is 0 Å². The van der Waals surface area contributed by atoms with E-state index in [0.29, 0.717) is 0 Å². The molecule has 1 nitrogen and oxygen atoms in total. The lowest BCUT2D eigenvalue weighted by Gasteiger charge is -2.20. The lowest BCUT2D eigenvalue weighted by molar-refractivity contribution is 0.669. The van der Waals surface area contributed by atoms with Gasteiger partial charge in [0.2, 0.25) is 0 Å². The van der Waals surface area contributed by atoms with Crippen LogP contribution in [-0.2, 0) is 0 Å². The van der Waals surface area contributed by atoms with E-state index in [1.807, 2.05) is 0 Å². The zero-order chi connectivity index (χ0) is 48.3. The predicted molar refractivity (Wildman–Crippen MR) is 183 cm³/mol. The highest BCUT2D eigenvalue weighted by atomic mass is 16.3. The molecule has 9 aromatic rings. The second-order valence-electron chi connectivity index (χ2n) is 9.48. The quantitative estimate of drug-likeness (QED) is 0.193. The molecule has 0 bridgehead atoms. The number of benzene rings is 8. The Morgan fingerprint density at radius 1 is 0.372 bits per heavy atom. The summed E-state index contributed by atoms with van der Waals surface area (Å²) in [5.41, 5.74) is -3.39. The molecule has 0 aliphatic carbocycles. The van der Waals surface area contributed by atoms with Gasteiger partial charge in [0.15, 0.2) is 0 Å². The van der Waals surface area contributed by atoms with E-state index in [2.05, 4.69) is 0 Å². The predicted octanol–water partition coefficient (Wildman–Crippen LogP) is 12.0. The Bertz CT molecular complexity index is 3690. The van der Waals surface area contributed by atoms with E-state index in [-0.39, 0.29) is 33.1 Å². The lowest BCUT2D eigenvalue weighted by Crippen LogP contribution is -1.92. The molecule has 0 N–H and O–H groups in total. The molecule has 0 saturated carbocycles. The van der Waals surface area contributed by atoms with Crippen LogP contribution in [0.15, 0.2) is 162 Å². The van der Waals surface area contributed by atoms with Gasteiger partial charge in [-0.3, -0.25) is 0 Å². The third-order valence-electron chi connectivity index (χ3n) is 7.29. The van der Waals surface area contributed by atoms with Crippen molar-refractivity contribution in [1.82, 2.24) is 0 Å². The normalized spacial score (nSPS) is 19.2. The Kier molecular flexibility index (Phi) is 2.32. The summed E-state index contributed by atoms with van der Waals surface area (Å²) in [4.78, 5) is 0. The van der Waals surface area contributed by atoms with E-state index in [4.69, 9.17) is 25.0 Å². The van der Waals surface area contributed by atoms with Crippen LogP contribution in [0.3, 0.4) is 0 Å². The summed E-state index contributed by atoms with van der Waals surface area (Å²) in [6.07, 6.45) is 0. The van der Waals surface area contributed by atoms with Crippen LogP contribution in [0.4, 0.5) is 0 Å². The minimum Gasteiger partial charge on any atom is -0.456 e. The van der Waals surface area contributed by atoms with E-state index in [1.54, 1.807) is 0 Å². The van der Waals surface area contributed by atoms with Crippen molar-refractivity contribution in [2.45, 2.75) is 0 Å². The molecule has 8 aromatic carbocycles. The van der Waals surface area contributed by atoms with Gasteiger partial charge >= 0.3 is 0 Å². The number of rotatable bonds is 3. The standard InChI is InChI=1S/C42H26O/c1-2-13-27(14-3-1)28-25-26-35(30-16-5-4-15-29(28)30)40-31-17-6-8-19-33(31)41(34-20-9-7-18-32(34)40)37-22-12-24-39-42(37)36-21-10-11-23-38(36)43-39/h1-26H/i1D,2D,3D,4D,5D,6D,7D,8D,9D,10D,11D,13D,14D,15D,16D,17D,18D,19D,20D,21D,23D,25D,26D. The zero-order valence-electron chi connectivity index (χ0n) is 44.6. The van der Waals surface area contributed by atoms with Crippen molar-refractivity contribution in [2.75, 3.05) is 0 Å². The molecule has 0 fully saturated rings. The summed E-state index contributed by atoms with van der Waals surface area (Å²) >= 11 is 0. The summed E-state index contributed by atoms with van der Waals surface area (Å²) in [5, 5.41) is -3.56. The maximum absolute atomic E-state index is 9.69. The molecule has 9 rings (SSSR count). The summed E-state index contributed by atoms with van der Waals surface area (Å²) in [7, 11) is 0. The molecular formula is C42H26O. The molecule has 0 radical (unpaired) electrons. The van der Waals surface area contributed by atoms with Gasteiger partial charge in [0.1, 0.15) is 11.2 Å². The molecule has 0 spiro atoms. The van der Waals surface area contributed by atoms with Crippen molar-refractivity contribution in [1.29, 1.82) is 0 Å². The maximum Gasteiger partial charge on any atom is 0.136 e. The topological polar surface area (TPSA) is 13.1 Å². The van der Waals surface area contributed by atoms with Crippen LogP contribution in [0, 0.1) is 0 Å². The Morgan fingerprint density at radius 3 is 1.51 bits per heavy atom. The minimum absolute atomic E-state index is 0.0353. The number of hydrogen-bond donors (Lipinski definition) is 0. The van der Waals surface area contributed by atoms with Gasteiger partial charge in [-0.2, -0.15) is 0 Å². The molecule has 0 aliphatic rings. The average Bonchev–Trinajstić information content (AvgIpc) is 3.70. The van der Waals surface area contributed by atoms with E-state index < -0.39 is 194 Å². The van der Waals surface area contributed by atoms with Gasteiger partial charge in [-0.25, -0.2) is 0 Å². The first-order chi connectivity index (χ1) is 30.9. The van der Waals surface area contributed by atoms with E-state index in [9.17, 15) is 11.0 Å². The first kappa shape index (κ1) is 10.6. The third-order valence-corrected chi connectivity index (χ3v) is 7.29. The van der Waals surface area contributed by atoms with Crippen LogP contribution >= 0.6 is 0 Å². The molecule has 1 heterocycles. The van der Waals surface area contributed by atoms with Crippen molar-refractivity contribution in [3.05, 3.63) is 157 Å². The van der Waals surface area contributed by atoms with Crippen molar-refractivity contribution in [3.63, 3.8) is 0 Å². The number of furan rings is 1. The van der Waals surface area contributed by atoms with Crippen LogP contribution in [0.5, 0.6) is 0 Å². The second-order valence-corrected chi connectivity index (χ2v) is 9.48. The number of para-hydroxylation sites is 1. The first-order valence-electron chi connectivity index (χ1n) is 24.4. The van der Waals surface area contributed by atoms with Gasteiger partial charge in [-0.1, -0.05) is 145 Å². The molecule has 0 amide bonds. The fourth-order valence-corrected chi connectivity index (χ4v) is 5.58. The van der Waals surface area contributed by atoms with Gasteiger partial charge in [-0.05, 0) is 77.8 Å². The lowest BCUT2D eigenvalue weighted by atomic mass is 9.83. The maximum atomic E-state index is 9.69. The van der Waals surface area contributed by atoms with E-state index in [1.165, 1.54) is 18.2 Å². The fraction of sp³-hybridized carbons (Fsp3) is 0. The molecule has 0 aliphatic heterocycles. The highest BCUT2D eigenvalue weighted by Gasteiger charge is 2.21. The second kappa shape index (κ2) is 9.44. The van der Waals surface area contributed by atoms with Crippen LogP contribution < -0.4 is 0 Å². The fourth-order valence-electron chi connectivity index (χ4n) is 5.58. The summed E-state index contributed by atoms with van der Waals surface area (Å²) < 4.78 is 211. The minimum atomic E-state index is -0.983. The van der Waals surface area contributed by atoms with Crippen LogP contribution in [0.25, 0.3) is 87.6 Å². The van der Waals surface area contributed by atoms with Crippen LogP contribution in [0.1, 0.15) is 31.5 Å². The molecule has 1 aromatic heterocycles. The highest BCUT2D eigenvalue weighted by molar-refractivity contribution is 6.27. The number of hydrogen-bond acceptors (Lipinski definition) is 1. The van der Waals surface area contributed by atoms with Gasteiger partial charge in [0.05, 0.1) is 31.5 Å². The summed E-state index contributed by atoms with van der Waals surface area (Å²) in [5.74, 6) is 0. The first-order valence-corrected chi connectivity index (χ1v) is 12.9. The van der Waals surface area contributed by atoms with Gasteiger partial charge in [0.25, 0.3) is 0 Å². The van der Waals surface area contributed by atoms with Gasteiger partial charge in [0, 0.05) is 10.8 Å². The molecule has 0 saturated heterocycles. The molecule has 0 unspecified atom stereocenters. The van der Waals surface area contributed by atoms with Crippen molar-refractivity contribution >= 4 is 54.3 Å². The van der Waals surface area contributed by atoms with Crippen molar-refractivity contribution in [2.24, 2.45) is 0 Å². The number of fused-ring (bicyclic) bond motifs is 6. The SMILES string of the molecule is [2H]c1c([2H])c([2H])c(-c2c([2H])c([2H])c(-c3c4c([2H])c([2H])c([2H])c([2H])c4c(-c4cccc5oc6c([2H])c([2H])c([2H])c([2H])c6c45)c4c([2H])c([2H])c([2H])c([2H])c34)c3c([2H])c([2H])c([2H])c([2H])c23)c([2H])c1[2H]. The van der Waals surface area contributed by atoms with E-state index >= 15 is 0 Å². The Hall–Kier alpha value is -5.66. The van der Waals surface area contributed by atoms with E-state index in [0.717, 1.165) is 0 Å². The van der Waals surface area contributed by atoms with Gasteiger partial charge in [-0.15, -0.1) is 0 Å². The van der Waals surface area contributed by atoms with Crippen molar-refractivity contribution in [3.8, 4) is 33.4 Å². The highest BCUT2D eigenvalue weighted by Crippen LogP contribution is 2.48. The Morgan fingerprint density at radius 2 is 0.860 bits per heavy atom. The van der Waals surface area contributed by atoms with Gasteiger partial charge < -0.3 is 4.42 Å². The molecule has 0 atom stereocenters. The molecule has 200 valence electrons. The zero-order valence-corrected chi connectivity index (χ0v) is 21.6. The summed E-state index contributed by atoms with van der Waals surface area (Å²) in [6, 6.07) is -14.9. The molecule has 1 heteroatoms. The smallest absolute Gasteiger partial charge is 0.136 e. The van der Waals surface area contributed by atoms with Crippen molar-refractivity contribution < 1.29 is 35.9 Å². The van der Waals surface area contributed by atoms with Crippen LogP contribution in [0.2, 0.25) is 0 Å². The molecule has 43 heavy (non-hydrogen) atoms.